The van der Waals surface area contributed by atoms with Crippen LogP contribution in [-0.4, -0.2) is 42.2 Å². The first-order valence-corrected chi connectivity index (χ1v) is 14.6. The van der Waals surface area contributed by atoms with Crippen LogP contribution in [0.2, 0.25) is 0 Å². The lowest BCUT2D eigenvalue weighted by Gasteiger charge is -2.30. The molecule has 0 unspecified atom stereocenters. The van der Waals surface area contributed by atoms with Gasteiger partial charge in [0.25, 0.3) is 5.91 Å². The molecule has 3 aromatic rings. The van der Waals surface area contributed by atoms with Crippen LogP contribution in [-0.2, 0) is 29.5 Å². The number of hydrogen-bond acceptors (Lipinski definition) is 6. The van der Waals surface area contributed by atoms with Gasteiger partial charge in [0.15, 0.2) is 0 Å². The van der Waals surface area contributed by atoms with Gasteiger partial charge < -0.3 is 5.32 Å². The number of anilines is 1. The highest BCUT2D eigenvalue weighted by Gasteiger charge is 2.28. The Kier molecular flexibility index (Phi) is 8.14. The highest BCUT2D eigenvalue weighted by Crippen LogP contribution is 2.37. The van der Waals surface area contributed by atoms with Gasteiger partial charge in [0.05, 0.1) is 10.5 Å². The van der Waals surface area contributed by atoms with Crippen molar-refractivity contribution < 1.29 is 13.2 Å². The minimum atomic E-state index is -3.77. The normalized spacial score (nSPS) is 14.1. The molecular formula is C28H32N4O3S2. The smallest absolute Gasteiger partial charge is 0.256 e. The molecule has 1 aromatic heterocycles. The Bertz CT molecular complexity index is 1410. The van der Waals surface area contributed by atoms with Gasteiger partial charge in [-0.3, -0.25) is 9.69 Å². The maximum Gasteiger partial charge on any atom is 0.256 e. The molecule has 37 heavy (non-hydrogen) atoms. The van der Waals surface area contributed by atoms with Crippen LogP contribution in [0.5, 0.6) is 0 Å². The second-order valence-corrected chi connectivity index (χ2v) is 12.7. The van der Waals surface area contributed by atoms with E-state index in [0.29, 0.717) is 22.2 Å². The van der Waals surface area contributed by atoms with E-state index in [2.05, 4.69) is 30.1 Å². The number of thiophene rings is 1. The lowest BCUT2D eigenvalue weighted by atomic mass is 10.0. The lowest BCUT2D eigenvalue weighted by molar-refractivity contribution is 0.102. The van der Waals surface area contributed by atoms with Crippen molar-refractivity contribution in [3.63, 3.8) is 0 Å². The molecule has 1 N–H and O–H groups in total. The van der Waals surface area contributed by atoms with E-state index in [9.17, 15) is 18.5 Å². The molecule has 9 heteroatoms. The zero-order chi connectivity index (χ0) is 26.7. The van der Waals surface area contributed by atoms with Crippen LogP contribution >= 0.6 is 11.3 Å². The number of carbonyl (C=O) groups excluding carboxylic acids is 1. The quantitative estimate of drug-likeness (QED) is 0.425. The number of fused-ring (bicyclic) bond motifs is 1. The molecule has 0 atom stereocenters. The highest BCUT2D eigenvalue weighted by molar-refractivity contribution is 7.89. The predicted octanol–water partition coefficient (Wildman–Crippen LogP) is 5.24. The van der Waals surface area contributed by atoms with Gasteiger partial charge in [0.2, 0.25) is 10.0 Å². The molecule has 0 spiro atoms. The SMILES string of the molecule is CC(C)N1CCc2c(sc(NC(=O)c3ccc(S(=O)(=O)N(Cc4ccccc4)C(C)C)cc3)c2C#N)C1. The third kappa shape index (κ3) is 5.78. The van der Waals surface area contributed by atoms with Crippen molar-refractivity contribution in [2.45, 2.75) is 64.2 Å². The second kappa shape index (κ2) is 11.2. The minimum absolute atomic E-state index is 0.131. The summed E-state index contributed by atoms with van der Waals surface area (Å²) in [7, 11) is -3.77. The molecule has 1 aliphatic rings. The van der Waals surface area contributed by atoms with Gasteiger partial charge in [-0.15, -0.1) is 11.3 Å². The van der Waals surface area contributed by atoms with Gasteiger partial charge in [0.1, 0.15) is 11.1 Å². The summed E-state index contributed by atoms with van der Waals surface area (Å²) in [6.07, 6.45) is 0.782. The summed E-state index contributed by atoms with van der Waals surface area (Å²) in [4.78, 5) is 16.6. The first-order chi connectivity index (χ1) is 17.6. The zero-order valence-electron chi connectivity index (χ0n) is 21.6. The summed E-state index contributed by atoms with van der Waals surface area (Å²) in [6, 6.07) is 17.9. The average molecular weight is 537 g/mol. The number of nitriles is 1. The van der Waals surface area contributed by atoms with Crippen LogP contribution in [0.25, 0.3) is 0 Å². The standard InChI is InChI=1S/C28H32N4O3S2/c1-19(2)31-15-14-24-25(16-29)28(36-26(24)18-31)30-27(33)22-10-12-23(13-11-22)37(34,35)32(20(3)4)17-21-8-6-5-7-9-21/h5-13,19-20H,14-15,17-18H2,1-4H3,(H,30,33). The maximum absolute atomic E-state index is 13.4. The van der Waals surface area contributed by atoms with E-state index in [-0.39, 0.29) is 23.4 Å². The van der Waals surface area contributed by atoms with E-state index in [1.165, 1.54) is 39.9 Å². The van der Waals surface area contributed by atoms with Crippen LogP contribution in [0, 0.1) is 11.3 Å². The van der Waals surface area contributed by atoms with Crippen LogP contribution in [0.15, 0.2) is 59.5 Å². The van der Waals surface area contributed by atoms with Gasteiger partial charge in [-0.2, -0.15) is 9.57 Å². The Morgan fingerprint density at radius 3 is 2.38 bits per heavy atom. The van der Waals surface area contributed by atoms with Gasteiger partial charge in [-0.25, -0.2) is 8.42 Å². The van der Waals surface area contributed by atoms with Crippen molar-refractivity contribution in [2.75, 3.05) is 11.9 Å². The number of nitrogens with zero attached hydrogens (tertiary/aromatic N) is 3. The molecular weight excluding hydrogens is 504 g/mol. The second-order valence-electron chi connectivity index (χ2n) is 9.74. The van der Waals surface area contributed by atoms with Gasteiger partial charge >= 0.3 is 0 Å². The molecule has 194 valence electrons. The molecule has 1 aliphatic heterocycles. The number of nitrogens with one attached hydrogen (secondary N) is 1. The van der Waals surface area contributed by atoms with Crippen LogP contribution in [0.4, 0.5) is 5.00 Å². The lowest BCUT2D eigenvalue weighted by Crippen LogP contribution is -2.36. The first kappa shape index (κ1) is 27.0. The van der Waals surface area contributed by atoms with Crippen LogP contribution < -0.4 is 5.32 Å². The van der Waals surface area contributed by atoms with E-state index < -0.39 is 10.0 Å². The number of hydrogen-bond donors (Lipinski definition) is 1. The maximum atomic E-state index is 13.4. The van der Waals surface area contributed by atoms with E-state index in [1.54, 1.807) is 0 Å². The van der Waals surface area contributed by atoms with Gasteiger partial charge in [-0.05, 0) is 69.5 Å². The Labute approximate surface area is 223 Å². The molecule has 1 amide bonds. The van der Waals surface area contributed by atoms with Crippen molar-refractivity contribution >= 4 is 32.3 Å². The van der Waals surface area contributed by atoms with Gasteiger partial charge in [-0.1, -0.05) is 30.3 Å². The number of rotatable bonds is 8. The number of sulfonamides is 1. The van der Waals surface area contributed by atoms with E-state index >= 15 is 0 Å². The van der Waals surface area contributed by atoms with Gasteiger partial charge in [0, 0.05) is 42.2 Å². The zero-order valence-corrected chi connectivity index (χ0v) is 23.2. The Balaban J connectivity index is 1.52. The fourth-order valence-corrected chi connectivity index (χ4v) is 7.31. The Morgan fingerprint density at radius 2 is 1.78 bits per heavy atom. The van der Waals surface area contributed by atoms with Crippen LogP contribution in [0.3, 0.4) is 0 Å². The molecule has 0 bridgehead atoms. The predicted molar refractivity (Wildman–Crippen MR) is 147 cm³/mol. The van der Waals surface area contributed by atoms with E-state index in [1.807, 2.05) is 44.2 Å². The molecule has 0 radical (unpaired) electrons. The Hall–Kier alpha value is -3.03. The monoisotopic (exact) mass is 536 g/mol. The number of benzene rings is 2. The Morgan fingerprint density at radius 1 is 1.11 bits per heavy atom. The molecule has 4 rings (SSSR count). The number of amides is 1. The summed E-state index contributed by atoms with van der Waals surface area (Å²) in [5.41, 5.74) is 2.79. The first-order valence-electron chi connectivity index (χ1n) is 12.4. The average Bonchev–Trinajstić information content (AvgIpc) is 3.23. The summed E-state index contributed by atoms with van der Waals surface area (Å²) >= 11 is 1.45. The number of carbonyl (C=O) groups is 1. The van der Waals surface area contributed by atoms with E-state index in [0.717, 1.165) is 35.5 Å². The molecule has 0 fully saturated rings. The molecule has 2 aromatic carbocycles. The molecule has 0 saturated heterocycles. The summed E-state index contributed by atoms with van der Waals surface area (Å²) < 4.78 is 28.3. The molecule has 2 heterocycles. The summed E-state index contributed by atoms with van der Waals surface area (Å²) in [5, 5.41) is 13.2. The third-order valence-corrected chi connectivity index (χ3v) is 9.80. The largest absolute Gasteiger partial charge is 0.312 e. The van der Waals surface area contributed by atoms with Crippen LogP contribution in [0.1, 0.15) is 59.6 Å². The van der Waals surface area contributed by atoms with Crippen molar-refractivity contribution in [2.24, 2.45) is 0 Å². The third-order valence-electron chi connectivity index (χ3n) is 6.64. The topological polar surface area (TPSA) is 93.5 Å². The van der Waals surface area contributed by atoms with Crippen molar-refractivity contribution in [3.05, 3.63) is 81.7 Å². The molecule has 7 nitrogen and oxygen atoms in total. The fourth-order valence-electron chi connectivity index (χ4n) is 4.47. The fraction of sp³-hybridized carbons (Fsp3) is 0.357. The summed E-state index contributed by atoms with van der Waals surface area (Å²) in [5.74, 6) is -0.371. The molecule has 0 saturated carbocycles. The van der Waals surface area contributed by atoms with Crippen molar-refractivity contribution in [1.82, 2.24) is 9.21 Å². The highest BCUT2D eigenvalue weighted by atomic mass is 32.2. The molecule has 0 aliphatic carbocycles. The summed E-state index contributed by atoms with van der Waals surface area (Å²) in [6.45, 7) is 9.90. The van der Waals surface area contributed by atoms with Crippen molar-refractivity contribution in [3.8, 4) is 6.07 Å². The minimum Gasteiger partial charge on any atom is -0.312 e. The van der Waals surface area contributed by atoms with Crippen molar-refractivity contribution in [1.29, 1.82) is 5.26 Å². The van der Waals surface area contributed by atoms with E-state index in [4.69, 9.17) is 0 Å².